The van der Waals surface area contributed by atoms with Gasteiger partial charge in [-0.3, -0.25) is 4.79 Å². The summed E-state index contributed by atoms with van der Waals surface area (Å²) in [5, 5.41) is 3.24. The maximum Gasteiger partial charge on any atom is 0.349 e. The molecule has 0 fully saturated rings. The molecule has 0 aliphatic heterocycles. The molecule has 1 aromatic heterocycles. The quantitative estimate of drug-likeness (QED) is 0.258. The van der Waals surface area contributed by atoms with E-state index in [1.807, 2.05) is 13.8 Å². The number of amides is 1. The topological polar surface area (TPSA) is 113 Å². The Morgan fingerprint density at radius 1 is 1.03 bits per heavy atom. The van der Waals surface area contributed by atoms with Gasteiger partial charge in [-0.25, -0.2) is 9.59 Å². The molecule has 3 rings (SSSR count). The molecule has 10 heteroatoms. The van der Waals surface area contributed by atoms with Crippen LogP contribution < -0.4 is 29.9 Å². The lowest BCUT2D eigenvalue weighted by molar-refractivity contribution is 0.0732. The Bertz CT molecular complexity index is 1300. The van der Waals surface area contributed by atoms with Gasteiger partial charge in [-0.2, -0.15) is 0 Å². The number of carbonyl (C=O) groups is 2. The Morgan fingerprint density at radius 2 is 1.74 bits per heavy atom. The minimum Gasteiger partial charge on any atom is -0.493 e. The molecule has 34 heavy (non-hydrogen) atoms. The third-order valence-corrected chi connectivity index (χ3v) is 5.93. The second-order valence-electron chi connectivity index (χ2n) is 7.33. The van der Waals surface area contributed by atoms with Gasteiger partial charge in [-0.1, -0.05) is 6.92 Å². The largest absolute Gasteiger partial charge is 0.493 e. The zero-order chi connectivity index (χ0) is 25.0. The minimum atomic E-state index is -0.788. The summed E-state index contributed by atoms with van der Waals surface area (Å²) in [5.41, 5.74) is -0.587. The van der Waals surface area contributed by atoms with Gasteiger partial charge < -0.3 is 28.7 Å². The molecule has 0 spiro atoms. The van der Waals surface area contributed by atoms with E-state index in [2.05, 4.69) is 21.2 Å². The Hall–Kier alpha value is -3.53. The molecular weight excluding hydrogens is 510 g/mol. The van der Waals surface area contributed by atoms with E-state index in [1.54, 1.807) is 6.07 Å². The minimum absolute atomic E-state index is 0.0843. The van der Waals surface area contributed by atoms with Gasteiger partial charge in [0.1, 0.15) is 16.9 Å². The molecule has 1 unspecified atom stereocenters. The summed E-state index contributed by atoms with van der Waals surface area (Å²) in [7, 11) is 4.32. The predicted molar refractivity (Wildman–Crippen MR) is 128 cm³/mol. The number of fused-ring (bicyclic) bond motifs is 1. The first-order valence-electron chi connectivity index (χ1n) is 10.3. The van der Waals surface area contributed by atoms with Crippen molar-refractivity contribution in [2.24, 2.45) is 0 Å². The number of ether oxygens (including phenoxy) is 4. The van der Waals surface area contributed by atoms with Crippen molar-refractivity contribution < 1.29 is 33.0 Å². The van der Waals surface area contributed by atoms with E-state index in [0.717, 1.165) is 6.42 Å². The molecule has 1 amide bonds. The van der Waals surface area contributed by atoms with Gasteiger partial charge in [0.05, 0.1) is 31.4 Å². The molecule has 1 N–H and O–H groups in total. The molecule has 180 valence electrons. The van der Waals surface area contributed by atoms with Crippen molar-refractivity contribution in [1.82, 2.24) is 5.32 Å². The fourth-order valence-electron chi connectivity index (χ4n) is 3.15. The highest BCUT2D eigenvalue weighted by molar-refractivity contribution is 9.10. The van der Waals surface area contributed by atoms with E-state index >= 15 is 0 Å². The first kappa shape index (κ1) is 25.1. The maximum atomic E-state index is 12.9. The number of methoxy groups -OCH3 is 3. The van der Waals surface area contributed by atoms with Crippen LogP contribution in [0.15, 0.2) is 44.0 Å². The average molecular weight is 534 g/mol. The zero-order valence-electron chi connectivity index (χ0n) is 19.3. The van der Waals surface area contributed by atoms with E-state index < -0.39 is 17.5 Å². The van der Waals surface area contributed by atoms with E-state index in [0.29, 0.717) is 15.6 Å². The summed E-state index contributed by atoms with van der Waals surface area (Å²) < 4.78 is 27.1. The summed E-state index contributed by atoms with van der Waals surface area (Å²) in [6.07, 6.45) is 0.724. The highest BCUT2D eigenvalue weighted by Crippen LogP contribution is 2.45. The van der Waals surface area contributed by atoms with Gasteiger partial charge in [0, 0.05) is 17.5 Å². The van der Waals surface area contributed by atoms with Crippen molar-refractivity contribution in [3.8, 4) is 23.0 Å². The highest BCUT2D eigenvalue weighted by atomic mass is 79.9. The molecule has 0 bridgehead atoms. The number of hydrogen-bond donors (Lipinski definition) is 1. The first-order valence-corrected chi connectivity index (χ1v) is 11.1. The monoisotopic (exact) mass is 533 g/mol. The summed E-state index contributed by atoms with van der Waals surface area (Å²) in [6.45, 7) is 3.76. The van der Waals surface area contributed by atoms with E-state index in [9.17, 15) is 14.4 Å². The average Bonchev–Trinajstić information content (AvgIpc) is 2.82. The van der Waals surface area contributed by atoms with Gasteiger partial charge in [0.2, 0.25) is 5.75 Å². The number of benzene rings is 2. The second kappa shape index (κ2) is 10.6. The number of esters is 1. The number of halogens is 1. The van der Waals surface area contributed by atoms with Gasteiger partial charge >= 0.3 is 11.6 Å². The SMILES string of the molecule is CCC(C)NC(=O)c1cc2ccc(OC(=O)c3cc(OC)c(OC)c(OC)c3Br)cc2oc1=O. The molecule has 0 radical (unpaired) electrons. The standard InChI is InChI=1S/C24H24BrNO8/c1-6-12(2)26-22(27)16-9-13-7-8-14(10-17(13)34-24(16)29)33-23(28)15-11-18(30-3)20(31-4)21(32-5)19(15)25/h7-12H,6H2,1-5H3,(H,26,27). The maximum absolute atomic E-state index is 12.9. The van der Waals surface area contributed by atoms with Crippen LogP contribution in [0.1, 0.15) is 41.0 Å². The fraction of sp³-hybridized carbons (Fsp3) is 0.292. The summed E-state index contributed by atoms with van der Waals surface area (Å²) in [5.74, 6) is -0.221. The smallest absolute Gasteiger partial charge is 0.349 e. The first-order chi connectivity index (χ1) is 16.2. The summed E-state index contributed by atoms with van der Waals surface area (Å²) in [4.78, 5) is 37.6. The molecule has 0 aliphatic carbocycles. The lowest BCUT2D eigenvalue weighted by Crippen LogP contribution is -2.34. The molecule has 1 heterocycles. The lowest BCUT2D eigenvalue weighted by atomic mass is 10.1. The lowest BCUT2D eigenvalue weighted by Gasteiger charge is -2.16. The van der Waals surface area contributed by atoms with E-state index in [1.165, 1.54) is 45.6 Å². The van der Waals surface area contributed by atoms with E-state index in [-0.39, 0.29) is 40.0 Å². The van der Waals surface area contributed by atoms with Crippen molar-refractivity contribution in [1.29, 1.82) is 0 Å². The number of rotatable bonds is 8. The molecule has 0 saturated carbocycles. The molecule has 0 aliphatic rings. The normalized spacial score (nSPS) is 11.6. The van der Waals surface area contributed by atoms with Crippen LogP contribution in [0, 0.1) is 0 Å². The van der Waals surface area contributed by atoms with Gasteiger partial charge in [-0.05, 0) is 53.5 Å². The molecule has 3 aromatic rings. The van der Waals surface area contributed by atoms with E-state index in [4.69, 9.17) is 23.4 Å². The van der Waals surface area contributed by atoms with Crippen LogP contribution in [0.5, 0.6) is 23.0 Å². The van der Waals surface area contributed by atoms with Crippen molar-refractivity contribution >= 4 is 38.8 Å². The van der Waals surface area contributed by atoms with Crippen molar-refractivity contribution in [2.45, 2.75) is 26.3 Å². The van der Waals surface area contributed by atoms with Crippen LogP contribution in [-0.2, 0) is 0 Å². The van der Waals surface area contributed by atoms with Gasteiger partial charge in [0.25, 0.3) is 5.91 Å². The second-order valence-corrected chi connectivity index (χ2v) is 8.12. The Morgan fingerprint density at radius 3 is 2.35 bits per heavy atom. The third kappa shape index (κ3) is 5.01. The van der Waals surface area contributed by atoms with Crippen LogP contribution in [0.2, 0.25) is 0 Å². The van der Waals surface area contributed by atoms with Crippen LogP contribution in [0.25, 0.3) is 11.0 Å². The van der Waals surface area contributed by atoms with Gasteiger partial charge in [0.15, 0.2) is 11.5 Å². The molecule has 9 nitrogen and oxygen atoms in total. The predicted octanol–water partition coefficient (Wildman–Crippen LogP) is 4.33. The van der Waals surface area contributed by atoms with Crippen molar-refractivity contribution in [3.05, 3.63) is 56.4 Å². The Balaban J connectivity index is 1.93. The highest BCUT2D eigenvalue weighted by Gasteiger charge is 2.24. The summed E-state index contributed by atoms with van der Waals surface area (Å²) >= 11 is 3.34. The van der Waals surface area contributed by atoms with Crippen LogP contribution >= 0.6 is 15.9 Å². The molecular formula is C24H24BrNO8. The Labute approximate surface area is 204 Å². The molecule has 2 aromatic carbocycles. The number of nitrogens with one attached hydrogen (secondary N) is 1. The molecule has 0 saturated heterocycles. The van der Waals surface area contributed by atoms with Crippen LogP contribution in [0.4, 0.5) is 0 Å². The van der Waals surface area contributed by atoms with Crippen molar-refractivity contribution in [2.75, 3.05) is 21.3 Å². The Kier molecular flexibility index (Phi) is 7.83. The van der Waals surface area contributed by atoms with Crippen LogP contribution in [-0.4, -0.2) is 39.2 Å². The van der Waals surface area contributed by atoms with Crippen molar-refractivity contribution in [3.63, 3.8) is 0 Å². The number of carbonyl (C=O) groups excluding carboxylic acids is 2. The fourth-order valence-corrected chi connectivity index (χ4v) is 3.77. The summed E-state index contributed by atoms with van der Waals surface area (Å²) in [6, 6.07) is 7.33. The zero-order valence-corrected chi connectivity index (χ0v) is 20.9. The van der Waals surface area contributed by atoms with Gasteiger partial charge in [-0.15, -0.1) is 0 Å². The van der Waals surface area contributed by atoms with Crippen LogP contribution in [0.3, 0.4) is 0 Å². The number of hydrogen-bond acceptors (Lipinski definition) is 8. The molecule has 1 atom stereocenters. The third-order valence-electron chi connectivity index (χ3n) is 5.14.